The molecule has 23 heavy (non-hydrogen) atoms. The molecule has 1 N–H and O–H groups in total. The van der Waals surface area contributed by atoms with Crippen LogP contribution in [0.15, 0.2) is 53.5 Å². The Morgan fingerprint density at radius 2 is 1.87 bits per heavy atom. The lowest BCUT2D eigenvalue weighted by Gasteiger charge is -2.08. The monoisotopic (exact) mass is 322 g/mol. The third-order valence-corrected chi connectivity index (χ3v) is 4.27. The Morgan fingerprint density at radius 1 is 1.09 bits per heavy atom. The van der Waals surface area contributed by atoms with Crippen LogP contribution in [-0.4, -0.2) is 10.9 Å². The van der Waals surface area contributed by atoms with E-state index in [4.69, 9.17) is 0 Å². The molecular formula is C19H18N2OS. The van der Waals surface area contributed by atoms with E-state index in [1.54, 1.807) is 17.5 Å². The summed E-state index contributed by atoms with van der Waals surface area (Å²) in [4.78, 5) is 16.6. The van der Waals surface area contributed by atoms with Crippen molar-refractivity contribution in [3.8, 4) is 11.1 Å². The van der Waals surface area contributed by atoms with Gasteiger partial charge in [0.2, 0.25) is 0 Å². The number of hydrogen-bond donors (Lipinski definition) is 1. The highest BCUT2D eigenvalue weighted by Gasteiger charge is 2.07. The average Bonchev–Trinajstić information content (AvgIpc) is 3.06. The van der Waals surface area contributed by atoms with Gasteiger partial charge in [0.15, 0.2) is 0 Å². The SMILES string of the molecule is Cc1cc(C)cc(C(=O)NCc2cncc(-c3ccsc3)c2)c1. The van der Waals surface area contributed by atoms with E-state index in [0.717, 1.165) is 27.8 Å². The molecule has 0 bridgehead atoms. The third kappa shape index (κ3) is 3.85. The fourth-order valence-electron chi connectivity index (χ4n) is 2.56. The minimum atomic E-state index is -0.0577. The molecule has 3 nitrogen and oxygen atoms in total. The van der Waals surface area contributed by atoms with E-state index in [9.17, 15) is 4.79 Å². The first kappa shape index (κ1) is 15.4. The smallest absolute Gasteiger partial charge is 0.251 e. The summed E-state index contributed by atoms with van der Waals surface area (Å²) in [7, 11) is 0. The van der Waals surface area contributed by atoms with Gasteiger partial charge in [-0.15, -0.1) is 0 Å². The first-order valence-electron chi connectivity index (χ1n) is 7.45. The van der Waals surface area contributed by atoms with E-state index < -0.39 is 0 Å². The number of carbonyl (C=O) groups is 1. The molecule has 0 atom stereocenters. The second kappa shape index (κ2) is 6.75. The van der Waals surface area contributed by atoms with Crippen molar-refractivity contribution in [3.05, 3.63) is 75.7 Å². The van der Waals surface area contributed by atoms with Gasteiger partial charge in [0.25, 0.3) is 5.91 Å². The molecule has 0 fully saturated rings. The summed E-state index contributed by atoms with van der Waals surface area (Å²) >= 11 is 1.66. The minimum absolute atomic E-state index is 0.0577. The largest absolute Gasteiger partial charge is 0.348 e. The number of pyridine rings is 1. The van der Waals surface area contributed by atoms with Crippen LogP contribution in [-0.2, 0) is 6.54 Å². The molecule has 0 aliphatic carbocycles. The van der Waals surface area contributed by atoms with Crippen LogP contribution in [0.3, 0.4) is 0 Å². The van der Waals surface area contributed by atoms with Crippen LogP contribution in [0.4, 0.5) is 0 Å². The molecule has 0 radical (unpaired) electrons. The molecule has 0 saturated heterocycles. The predicted octanol–water partition coefficient (Wildman–Crippen LogP) is 4.36. The summed E-state index contributed by atoms with van der Waals surface area (Å²) in [5, 5.41) is 7.10. The van der Waals surface area contributed by atoms with Crippen LogP contribution < -0.4 is 5.32 Å². The van der Waals surface area contributed by atoms with Gasteiger partial charge >= 0.3 is 0 Å². The number of hydrogen-bond acceptors (Lipinski definition) is 3. The van der Waals surface area contributed by atoms with Crippen LogP contribution in [0.2, 0.25) is 0 Å². The van der Waals surface area contributed by atoms with Crippen LogP contribution in [0, 0.1) is 13.8 Å². The van der Waals surface area contributed by atoms with Crippen LogP contribution in [0.5, 0.6) is 0 Å². The second-order valence-electron chi connectivity index (χ2n) is 5.65. The van der Waals surface area contributed by atoms with Gasteiger partial charge in [0.1, 0.15) is 0 Å². The molecule has 4 heteroatoms. The Bertz CT molecular complexity index is 805. The number of carbonyl (C=O) groups excluding carboxylic acids is 1. The maximum atomic E-state index is 12.3. The van der Waals surface area contributed by atoms with E-state index in [1.165, 1.54) is 0 Å². The molecular weight excluding hydrogens is 304 g/mol. The second-order valence-corrected chi connectivity index (χ2v) is 6.43. The van der Waals surface area contributed by atoms with E-state index in [-0.39, 0.29) is 5.91 Å². The standard InChI is InChI=1S/C19H18N2OS/c1-13-5-14(2)7-17(6-13)19(22)21-10-15-8-18(11-20-9-15)16-3-4-23-12-16/h3-9,11-12H,10H2,1-2H3,(H,21,22). The normalized spacial score (nSPS) is 10.5. The first-order valence-corrected chi connectivity index (χ1v) is 8.39. The van der Waals surface area contributed by atoms with E-state index in [1.807, 2.05) is 37.6 Å². The Labute approximate surface area is 140 Å². The summed E-state index contributed by atoms with van der Waals surface area (Å²) in [6, 6.07) is 10.0. The molecule has 116 valence electrons. The molecule has 0 aliphatic rings. The van der Waals surface area contributed by atoms with Crippen molar-refractivity contribution >= 4 is 17.2 Å². The van der Waals surface area contributed by atoms with Crippen molar-refractivity contribution in [1.29, 1.82) is 0 Å². The highest BCUT2D eigenvalue weighted by atomic mass is 32.1. The van der Waals surface area contributed by atoms with Gasteiger partial charge in [-0.3, -0.25) is 9.78 Å². The van der Waals surface area contributed by atoms with Crippen LogP contribution >= 0.6 is 11.3 Å². The maximum absolute atomic E-state index is 12.3. The number of nitrogens with one attached hydrogen (secondary N) is 1. The summed E-state index contributed by atoms with van der Waals surface area (Å²) in [6.07, 6.45) is 3.63. The van der Waals surface area contributed by atoms with Crippen LogP contribution in [0.25, 0.3) is 11.1 Å². The van der Waals surface area contributed by atoms with Gasteiger partial charge in [-0.25, -0.2) is 0 Å². The lowest BCUT2D eigenvalue weighted by molar-refractivity contribution is 0.0950. The van der Waals surface area contributed by atoms with Gasteiger partial charge in [-0.1, -0.05) is 17.2 Å². The third-order valence-electron chi connectivity index (χ3n) is 3.59. The molecule has 2 heterocycles. The lowest BCUT2D eigenvalue weighted by Crippen LogP contribution is -2.23. The van der Waals surface area contributed by atoms with Crippen molar-refractivity contribution in [2.45, 2.75) is 20.4 Å². The quantitative estimate of drug-likeness (QED) is 0.775. The number of amides is 1. The molecule has 3 aromatic rings. The fraction of sp³-hybridized carbons (Fsp3) is 0.158. The summed E-state index contributed by atoms with van der Waals surface area (Å²) in [6.45, 7) is 4.47. The lowest BCUT2D eigenvalue weighted by atomic mass is 10.1. The number of nitrogens with zero attached hydrogens (tertiary/aromatic N) is 1. The fourth-order valence-corrected chi connectivity index (χ4v) is 3.23. The number of aryl methyl sites for hydroxylation is 2. The van der Waals surface area contributed by atoms with Crippen molar-refractivity contribution in [3.63, 3.8) is 0 Å². The van der Waals surface area contributed by atoms with Crippen molar-refractivity contribution in [2.24, 2.45) is 0 Å². The Kier molecular flexibility index (Phi) is 4.53. The number of thiophene rings is 1. The molecule has 1 aromatic carbocycles. The number of benzene rings is 1. The average molecular weight is 322 g/mol. The molecule has 0 aliphatic heterocycles. The van der Waals surface area contributed by atoms with Gasteiger partial charge in [-0.05, 0) is 60.0 Å². The van der Waals surface area contributed by atoms with Gasteiger partial charge in [0, 0.05) is 30.1 Å². The van der Waals surface area contributed by atoms with E-state index in [2.05, 4.69) is 33.9 Å². The zero-order chi connectivity index (χ0) is 16.2. The van der Waals surface area contributed by atoms with Gasteiger partial charge in [-0.2, -0.15) is 11.3 Å². The molecule has 3 rings (SSSR count). The zero-order valence-electron chi connectivity index (χ0n) is 13.2. The molecule has 0 saturated carbocycles. The first-order chi connectivity index (χ1) is 11.1. The Morgan fingerprint density at radius 3 is 2.57 bits per heavy atom. The highest BCUT2D eigenvalue weighted by molar-refractivity contribution is 7.08. The minimum Gasteiger partial charge on any atom is -0.348 e. The zero-order valence-corrected chi connectivity index (χ0v) is 14.0. The van der Waals surface area contributed by atoms with Gasteiger partial charge in [0.05, 0.1) is 0 Å². The summed E-state index contributed by atoms with van der Waals surface area (Å²) in [5.74, 6) is -0.0577. The van der Waals surface area contributed by atoms with E-state index >= 15 is 0 Å². The van der Waals surface area contributed by atoms with Gasteiger partial charge < -0.3 is 5.32 Å². The van der Waals surface area contributed by atoms with E-state index in [0.29, 0.717) is 12.1 Å². The predicted molar refractivity (Wildman–Crippen MR) is 94.6 cm³/mol. The van der Waals surface area contributed by atoms with Crippen molar-refractivity contribution < 1.29 is 4.79 Å². The van der Waals surface area contributed by atoms with Crippen LogP contribution in [0.1, 0.15) is 27.0 Å². The topological polar surface area (TPSA) is 42.0 Å². The number of rotatable bonds is 4. The summed E-state index contributed by atoms with van der Waals surface area (Å²) < 4.78 is 0. The van der Waals surface area contributed by atoms with Crippen molar-refractivity contribution in [1.82, 2.24) is 10.3 Å². The summed E-state index contributed by atoms with van der Waals surface area (Å²) in [5.41, 5.74) is 6.11. The molecule has 0 unspecified atom stereocenters. The molecule has 0 spiro atoms. The Balaban J connectivity index is 1.71. The maximum Gasteiger partial charge on any atom is 0.251 e. The Hall–Kier alpha value is -2.46. The number of aromatic nitrogens is 1. The van der Waals surface area contributed by atoms with Crippen molar-refractivity contribution in [2.75, 3.05) is 0 Å². The molecule has 2 aromatic heterocycles. The molecule has 1 amide bonds. The highest BCUT2D eigenvalue weighted by Crippen LogP contribution is 2.22.